The quantitative estimate of drug-likeness (QED) is 0.641. The molecule has 0 radical (unpaired) electrons. The summed E-state index contributed by atoms with van der Waals surface area (Å²) in [6, 6.07) is 12.0. The van der Waals surface area contributed by atoms with Crippen molar-refractivity contribution in [2.75, 3.05) is 5.32 Å². The highest BCUT2D eigenvalue weighted by Gasteiger charge is 2.13. The predicted octanol–water partition coefficient (Wildman–Crippen LogP) is 6.48. The molecule has 4 heteroatoms. The largest absolute Gasteiger partial charge is 0.377 e. The minimum absolute atomic E-state index is 0.0847. The molecule has 0 fully saturated rings. The molecule has 0 aliphatic heterocycles. The van der Waals surface area contributed by atoms with Crippen LogP contribution in [0.25, 0.3) is 0 Å². The average Bonchev–Trinajstić information content (AvgIpc) is 2.48. The number of nitrogens with one attached hydrogen (secondary N) is 1. The van der Waals surface area contributed by atoms with Crippen LogP contribution in [-0.4, -0.2) is 0 Å². The SMILES string of the molecule is CCCCC(Nc1cc(Cl)ccc1Cl)c1ccc(F)cc1. The van der Waals surface area contributed by atoms with E-state index in [1.54, 1.807) is 24.3 Å². The van der Waals surface area contributed by atoms with Gasteiger partial charge < -0.3 is 5.32 Å². The van der Waals surface area contributed by atoms with Gasteiger partial charge in [-0.15, -0.1) is 0 Å². The Morgan fingerprint density at radius 1 is 1.10 bits per heavy atom. The molecule has 2 rings (SSSR count). The van der Waals surface area contributed by atoms with Gasteiger partial charge in [-0.2, -0.15) is 0 Å². The third-order valence-corrected chi connectivity index (χ3v) is 3.94. The molecule has 2 aromatic carbocycles. The monoisotopic (exact) mass is 325 g/mol. The van der Waals surface area contributed by atoms with E-state index in [2.05, 4.69) is 12.2 Å². The van der Waals surface area contributed by atoms with E-state index in [0.717, 1.165) is 30.5 Å². The first kappa shape index (κ1) is 16.1. The van der Waals surface area contributed by atoms with Crippen LogP contribution in [0.2, 0.25) is 10.0 Å². The zero-order valence-corrected chi connectivity index (χ0v) is 13.4. The number of anilines is 1. The minimum atomic E-state index is -0.228. The normalized spacial score (nSPS) is 12.2. The maximum Gasteiger partial charge on any atom is 0.123 e. The summed E-state index contributed by atoms with van der Waals surface area (Å²) in [5.41, 5.74) is 1.84. The van der Waals surface area contributed by atoms with Gasteiger partial charge in [0.15, 0.2) is 0 Å². The van der Waals surface area contributed by atoms with Crippen molar-refractivity contribution in [3.8, 4) is 0 Å². The molecule has 1 nitrogen and oxygen atoms in total. The van der Waals surface area contributed by atoms with Gasteiger partial charge in [0, 0.05) is 5.02 Å². The van der Waals surface area contributed by atoms with Gasteiger partial charge in [-0.05, 0) is 42.3 Å². The van der Waals surface area contributed by atoms with Gasteiger partial charge in [-0.1, -0.05) is 55.1 Å². The van der Waals surface area contributed by atoms with Crippen LogP contribution in [0, 0.1) is 5.82 Å². The maximum absolute atomic E-state index is 13.1. The van der Waals surface area contributed by atoms with Crippen LogP contribution >= 0.6 is 23.2 Å². The van der Waals surface area contributed by atoms with E-state index in [9.17, 15) is 4.39 Å². The standard InChI is InChI=1S/C17H18Cl2FN/c1-2-3-4-16(12-5-8-14(20)9-6-12)21-17-11-13(18)7-10-15(17)19/h5-11,16,21H,2-4H2,1H3. The van der Waals surface area contributed by atoms with Crippen LogP contribution in [0.15, 0.2) is 42.5 Å². The van der Waals surface area contributed by atoms with Crippen molar-refractivity contribution in [3.05, 3.63) is 63.9 Å². The van der Waals surface area contributed by atoms with Gasteiger partial charge >= 0.3 is 0 Å². The van der Waals surface area contributed by atoms with Crippen LogP contribution < -0.4 is 5.32 Å². The predicted molar refractivity (Wildman–Crippen MR) is 88.8 cm³/mol. The van der Waals surface area contributed by atoms with E-state index in [1.165, 1.54) is 12.1 Å². The van der Waals surface area contributed by atoms with Gasteiger partial charge in [0.2, 0.25) is 0 Å². The molecule has 1 unspecified atom stereocenters. The molecule has 0 amide bonds. The van der Waals surface area contributed by atoms with Crippen molar-refractivity contribution in [1.29, 1.82) is 0 Å². The van der Waals surface area contributed by atoms with Crippen molar-refractivity contribution in [2.24, 2.45) is 0 Å². The number of benzene rings is 2. The second-order valence-electron chi connectivity index (χ2n) is 5.01. The molecule has 1 atom stereocenters. The molecule has 0 bridgehead atoms. The van der Waals surface area contributed by atoms with E-state index in [1.807, 2.05) is 6.07 Å². The van der Waals surface area contributed by atoms with Crippen molar-refractivity contribution in [3.63, 3.8) is 0 Å². The lowest BCUT2D eigenvalue weighted by molar-refractivity contribution is 0.616. The topological polar surface area (TPSA) is 12.0 Å². The Bertz CT molecular complexity index is 584. The van der Waals surface area contributed by atoms with Gasteiger partial charge in [-0.3, -0.25) is 0 Å². The molecule has 1 N–H and O–H groups in total. The Balaban J connectivity index is 2.23. The molecule has 0 heterocycles. The Morgan fingerprint density at radius 2 is 1.81 bits per heavy atom. The zero-order valence-electron chi connectivity index (χ0n) is 11.9. The molecule has 0 aromatic heterocycles. The Morgan fingerprint density at radius 3 is 2.48 bits per heavy atom. The number of rotatable bonds is 6. The minimum Gasteiger partial charge on any atom is -0.377 e. The Hall–Kier alpha value is -1.25. The van der Waals surface area contributed by atoms with Crippen LogP contribution in [0.3, 0.4) is 0 Å². The molecule has 0 saturated carbocycles. The van der Waals surface area contributed by atoms with Gasteiger partial charge in [-0.25, -0.2) is 4.39 Å². The van der Waals surface area contributed by atoms with E-state index < -0.39 is 0 Å². The van der Waals surface area contributed by atoms with E-state index >= 15 is 0 Å². The highest BCUT2D eigenvalue weighted by atomic mass is 35.5. The summed E-state index contributed by atoms with van der Waals surface area (Å²) >= 11 is 12.2. The summed E-state index contributed by atoms with van der Waals surface area (Å²) in [6.45, 7) is 2.15. The van der Waals surface area contributed by atoms with Crippen LogP contribution in [0.5, 0.6) is 0 Å². The summed E-state index contributed by atoms with van der Waals surface area (Å²) in [5, 5.41) is 4.68. The van der Waals surface area contributed by atoms with Crippen molar-refractivity contribution in [2.45, 2.75) is 32.2 Å². The molecule has 0 spiro atoms. The van der Waals surface area contributed by atoms with E-state index in [4.69, 9.17) is 23.2 Å². The Kier molecular flexibility index (Phi) is 5.89. The van der Waals surface area contributed by atoms with Crippen molar-refractivity contribution < 1.29 is 4.39 Å². The fraction of sp³-hybridized carbons (Fsp3) is 0.294. The number of hydrogen-bond donors (Lipinski definition) is 1. The number of unbranched alkanes of at least 4 members (excludes halogenated alkanes) is 1. The lowest BCUT2D eigenvalue weighted by Gasteiger charge is -2.21. The van der Waals surface area contributed by atoms with E-state index in [0.29, 0.717) is 10.0 Å². The number of hydrogen-bond acceptors (Lipinski definition) is 1. The van der Waals surface area contributed by atoms with Crippen molar-refractivity contribution in [1.82, 2.24) is 0 Å². The molecule has 21 heavy (non-hydrogen) atoms. The first-order valence-electron chi connectivity index (χ1n) is 7.07. The molecular weight excluding hydrogens is 308 g/mol. The first-order valence-corrected chi connectivity index (χ1v) is 7.82. The number of halogens is 3. The third kappa shape index (κ3) is 4.62. The average molecular weight is 326 g/mol. The van der Waals surface area contributed by atoms with Crippen molar-refractivity contribution >= 4 is 28.9 Å². The molecular formula is C17H18Cl2FN. The highest BCUT2D eigenvalue weighted by Crippen LogP contribution is 2.31. The third-order valence-electron chi connectivity index (χ3n) is 3.38. The molecule has 0 aliphatic carbocycles. The fourth-order valence-electron chi connectivity index (χ4n) is 2.22. The second kappa shape index (κ2) is 7.67. The highest BCUT2D eigenvalue weighted by molar-refractivity contribution is 6.35. The summed E-state index contributed by atoms with van der Waals surface area (Å²) in [4.78, 5) is 0. The van der Waals surface area contributed by atoms with Crippen LogP contribution in [0.1, 0.15) is 37.8 Å². The fourth-order valence-corrected chi connectivity index (χ4v) is 2.57. The lowest BCUT2D eigenvalue weighted by atomic mass is 10.0. The summed E-state index contributed by atoms with van der Waals surface area (Å²) in [7, 11) is 0. The maximum atomic E-state index is 13.1. The second-order valence-corrected chi connectivity index (χ2v) is 5.86. The molecule has 2 aromatic rings. The molecule has 0 saturated heterocycles. The summed E-state index contributed by atoms with van der Waals surface area (Å²) in [6.07, 6.45) is 3.13. The smallest absolute Gasteiger partial charge is 0.123 e. The summed E-state index contributed by atoms with van der Waals surface area (Å²) < 4.78 is 13.1. The zero-order chi connectivity index (χ0) is 15.2. The van der Waals surface area contributed by atoms with Crippen LogP contribution in [0.4, 0.5) is 10.1 Å². The van der Waals surface area contributed by atoms with Gasteiger partial charge in [0.1, 0.15) is 5.82 Å². The molecule has 112 valence electrons. The van der Waals surface area contributed by atoms with Gasteiger partial charge in [0.25, 0.3) is 0 Å². The molecule has 0 aliphatic rings. The lowest BCUT2D eigenvalue weighted by Crippen LogP contribution is -2.11. The summed E-state index contributed by atoms with van der Waals surface area (Å²) in [5.74, 6) is -0.228. The Labute approximate surface area is 135 Å². The van der Waals surface area contributed by atoms with Crippen LogP contribution in [-0.2, 0) is 0 Å². The van der Waals surface area contributed by atoms with Gasteiger partial charge in [0.05, 0.1) is 16.8 Å². The first-order chi connectivity index (χ1) is 10.1. The van der Waals surface area contributed by atoms with E-state index in [-0.39, 0.29) is 11.9 Å².